The van der Waals surface area contributed by atoms with E-state index >= 15 is 0 Å². The Balaban J connectivity index is 2.73. The third kappa shape index (κ3) is 2.56. The second kappa shape index (κ2) is 4.95. The Kier molecular flexibility index (Phi) is 3.61. The number of aromatic nitrogens is 3. The zero-order chi connectivity index (χ0) is 15.1. The highest BCUT2D eigenvalue weighted by molar-refractivity contribution is 7.89. The molecule has 1 heterocycles. The van der Waals surface area contributed by atoms with Gasteiger partial charge in [0, 0.05) is 6.04 Å². The van der Waals surface area contributed by atoms with E-state index in [1.807, 2.05) is 0 Å². The van der Waals surface area contributed by atoms with Gasteiger partial charge in [0.2, 0.25) is 0 Å². The molecule has 6 nitrogen and oxygen atoms in total. The molecule has 2 aromatic rings. The second-order valence-corrected chi connectivity index (χ2v) is 6.25. The summed E-state index contributed by atoms with van der Waals surface area (Å²) in [6.07, 6.45) is 0. The van der Waals surface area contributed by atoms with Gasteiger partial charge in [-0.15, -0.1) is 10.2 Å². The summed E-state index contributed by atoms with van der Waals surface area (Å²) in [5.74, 6) is -0.346. The summed E-state index contributed by atoms with van der Waals surface area (Å²) in [4.78, 5) is 0. The fraction of sp³-hybridized carbons (Fsp3) is 0.333. The third-order valence-corrected chi connectivity index (χ3v) is 3.59. The molecule has 2 rings (SSSR count). The van der Waals surface area contributed by atoms with Gasteiger partial charge in [0.25, 0.3) is 15.2 Å². The molecule has 0 spiro atoms. The molecule has 0 unspecified atom stereocenters. The summed E-state index contributed by atoms with van der Waals surface area (Å²) < 4.78 is 38.3. The SMILES string of the molecule is Cc1ccc(-c2nnc(S(N)(=O)=O)n2C(C)C)c(F)c1. The van der Waals surface area contributed by atoms with Crippen LogP contribution in [-0.4, -0.2) is 23.2 Å². The minimum Gasteiger partial charge on any atom is -0.294 e. The van der Waals surface area contributed by atoms with Crippen LogP contribution in [0.4, 0.5) is 4.39 Å². The van der Waals surface area contributed by atoms with E-state index < -0.39 is 15.8 Å². The molecule has 0 radical (unpaired) electrons. The Morgan fingerprint density at radius 2 is 1.95 bits per heavy atom. The van der Waals surface area contributed by atoms with E-state index in [4.69, 9.17) is 5.14 Å². The van der Waals surface area contributed by atoms with Gasteiger partial charge < -0.3 is 0 Å². The van der Waals surface area contributed by atoms with Gasteiger partial charge in [-0.2, -0.15) is 0 Å². The summed E-state index contributed by atoms with van der Waals surface area (Å²) in [5, 5.41) is 12.1. The molecule has 0 fully saturated rings. The van der Waals surface area contributed by atoms with Crippen LogP contribution in [0.5, 0.6) is 0 Å². The van der Waals surface area contributed by atoms with Gasteiger partial charge in [-0.05, 0) is 38.5 Å². The minimum atomic E-state index is -4.02. The lowest BCUT2D eigenvalue weighted by molar-refractivity contribution is 0.523. The number of nitrogens with two attached hydrogens (primary N) is 1. The first kappa shape index (κ1) is 14.6. The average molecular weight is 298 g/mol. The quantitative estimate of drug-likeness (QED) is 0.932. The summed E-state index contributed by atoms with van der Waals surface area (Å²) in [6.45, 7) is 5.25. The van der Waals surface area contributed by atoms with E-state index in [9.17, 15) is 12.8 Å². The van der Waals surface area contributed by atoms with Gasteiger partial charge in [-0.1, -0.05) is 6.07 Å². The standard InChI is InChI=1S/C12H15FN4O2S/c1-7(2)17-11(15-16-12(17)20(14,18)19)9-5-4-8(3)6-10(9)13/h4-7H,1-3H3,(H2,14,18,19). The predicted octanol–water partition coefficient (Wildman–Crippen LogP) is 1.62. The van der Waals surface area contributed by atoms with Crippen LogP contribution in [0.25, 0.3) is 11.4 Å². The number of rotatable bonds is 3. The topological polar surface area (TPSA) is 90.9 Å². The maximum Gasteiger partial charge on any atom is 0.273 e. The van der Waals surface area contributed by atoms with E-state index in [-0.39, 0.29) is 22.6 Å². The van der Waals surface area contributed by atoms with Crippen molar-refractivity contribution in [1.29, 1.82) is 0 Å². The second-order valence-electron chi connectivity index (χ2n) is 4.80. The van der Waals surface area contributed by atoms with E-state index in [1.165, 1.54) is 10.6 Å². The number of hydrogen-bond donors (Lipinski definition) is 1. The maximum absolute atomic E-state index is 14.0. The van der Waals surface area contributed by atoms with E-state index in [0.717, 1.165) is 5.56 Å². The molecule has 0 aliphatic heterocycles. The highest BCUT2D eigenvalue weighted by Crippen LogP contribution is 2.26. The van der Waals surface area contributed by atoms with Crippen molar-refractivity contribution in [3.63, 3.8) is 0 Å². The lowest BCUT2D eigenvalue weighted by Crippen LogP contribution is -2.20. The third-order valence-electron chi connectivity index (χ3n) is 2.80. The molecule has 0 atom stereocenters. The van der Waals surface area contributed by atoms with Crippen molar-refractivity contribution < 1.29 is 12.8 Å². The summed E-state index contributed by atoms with van der Waals surface area (Å²) in [6, 6.07) is 4.33. The van der Waals surface area contributed by atoms with Crippen molar-refractivity contribution in [2.75, 3.05) is 0 Å². The van der Waals surface area contributed by atoms with Crippen LogP contribution in [0.2, 0.25) is 0 Å². The van der Waals surface area contributed by atoms with Crippen molar-refractivity contribution in [3.05, 3.63) is 29.6 Å². The number of aryl methyl sites for hydroxylation is 1. The number of halogens is 1. The summed E-state index contributed by atoms with van der Waals surface area (Å²) in [7, 11) is -4.02. The van der Waals surface area contributed by atoms with Crippen molar-refractivity contribution in [1.82, 2.24) is 14.8 Å². The van der Waals surface area contributed by atoms with E-state index in [2.05, 4.69) is 10.2 Å². The Hall–Kier alpha value is -1.80. The average Bonchev–Trinajstić information content (AvgIpc) is 2.72. The number of nitrogens with zero attached hydrogens (tertiary/aromatic N) is 3. The van der Waals surface area contributed by atoms with Gasteiger partial charge in [-0.3, -0.25) is 4.57 Å². The van der Waals surface area contributed by atoms with Gasteiger partial charge >= 0.3 is 0 Å². The van der Waals surface area contributed by atoms with Crippen molar-refractivity contribution >= 4 is 10.0 Å². The van der Waals surface area contributed by atoms with E-state index in [1.54, 1.807) is 32.9 Å². The number of benzene rings is 1. The normalized spacial score (nSPS) is 12.1. The lowest BCUT2D eigenvalue weighted by atomic mass is 10.1. The van der Waals surface area contributed by atoms with Crippen molar-refractivity contribution in [2.24, 2.45) is 5.14 Å². The fourth-order valence-corrected chi connectivity index (χ4v) is 2.65. The molecule has 0 saturated heterocycles. The zero-order valence-electron chi connectivity index (χ0n) is 11.3. The minimum absolute atomic E-state index is 0.140. The Labute approximate surface area is 116 Å². The predicted molar refractivity (Wildman–Crippen MR) is 71.9 cm³/mol. The largest absolute Gasteiger partial charge is 0.294 e. The molecule has 2 N–H and O–H groups in total. The summed E-state index contributed by atoms with van der Waals surface area (Å²) >= 11 is 0. The molecule has 0 aliphatic carbocycles. The molecule has 108 valence electrons. The first-order chi connectivity index (χ1) is 9.21. The monoisotopic (exact) mass is 298 g/mol. The molecule has 0 aliphatic rings. The Morgan fingerprint density at radius 3 is 2.45 bits per heavy atom. The van der Waals surface area contributed by atoms with Crippen LogP contribution in [0.1, 0.15) is 25.5 Å². The van der Waals surface area contributed by atoms with Crippen LogP contribution in [-0.2, 0) is 10.0 Å². The van der Waals surface area contributed by atoms with Gasteiger partial charge in [0.05, 0.1) is 5.56 Å². The lowest BCUT2D eigenvalue weighted by Gasteiger charge is -2.13. The highest BCUT2D eigenvalue weighted by Gasteiger charge is 2.25. The maximum atomic E-state index is 14.0. The van der Waals surface area contributed by atoms with Gasteiger partial charge in [0.15, 0.2) is 5.82 Å². The molecule has 1 aromatic heterocycles. The van der Waals surface area contributed by atoms with Crippen molar-refractivity contribution in [2.45, 2.75) is 32.0 Å². The molecule has 8 heteroatoms. The molecule has 20 heavy (non-hydrogen) atoms. The molecular weight excluding hydrogens is 283 g/mol. The van der Waals surface area contributed by atoms with Gasteiger partial charge in [0.1, 0.15) is 5.82 Å². The number of sulfonamides is 1. The molecular formula is C12H15FN4O2S. The smallest absolute Gasteiger partial charge is 0.273 e. The summed E-state index contributed by atoms with van der Waals surface area (Å²) in [5.41, 5.74) is 0.945. The first-order valence-corrected chi connectivity index (χ1v) is 7.50. The highest BCUT2D eigenvalue weighted by atomic mass is 32.2. The van der Waals surface area contributed by atoms with Gasteiger partial charge in [-0.25, -0.2) is 17.9 Å². The van der Waals surface area contributed by atoms with Crippen LogP contribution in [0.3, 0.4) is 0 Å². The first-order valence-electron chi connectivity index (χ1n) is 5.96. The Morgan fingerprint density at radius 1 is 1.30 bits per heavy atom. The van der Waals surface area contributed by atoms with Crippen molar-refractivity contribution in [3.8, 4) is 11.4 Å². The molecule has 1 aromatic carbocycles. The van der Waals surface area contributed by atoms with Crippen LogP contribution in [0.15, 0.2) is 23.4 Å². The van der Waals surface area contributed by atoms with E-state index in [0.29, 0.717) is 0 Å². The Bertz CT molecular complexity index is 753. The van der Waals surface area contributed by atoms with Crippen LogP contribution < -0.4 is 5.14 Å². The zero-order valence-corrected chi connectivity index (χ0v) is 12.1. The van der Waals surface area contributed by atoms with Crippen LogP contribution >= 0.6 is 0 Å². The molecule has 0 amide bonds. The number of hydrogen-bond acceptors (Lipinski definition) is 4. The number of primary sulfonamides is 1. The fourth-order valence-electron chi connectivity index (χ4n) is 1.92. The molecule has 0 bridgehead atoms. The molecule has 0 saturated carbocycles. The van der Waals surface area contributed by atoms with Crippen LogP contribution in [0, 0.1) is 12.7 Å².